The van der Waals surface area contributed by atoms with E-state index < -0.39 is 5.97 Å². The Morgan fingerprint density at radius 2 is 1.95 bits per heavy atom. The lowest BCUT2D eigenvalue weighted by Crippen LogP contribution is -2.06. The van der Waals surface area contributed by atoms with E-state index in [9.17, 15) is 4.79 Å². The summed E-state index contributed by atoms with van der Waals surface area (Å²) < 4.78 is 10.0. The number of rotatable bonds is 3. The number of methoxy groups -OCH3 is 2. The zero-order valence-electron chi connectivity index (χ0n) is 11.1. The van der Waals surface area contributed by atoms with E-state index in [0.717, 1.165) is 0 Å². The van der Waals surface area contributed by atoms with Gasteiger partial charge in [-0.3, -0.25) is 0 Å². The number of para-hydroxylation sites is 1. The summed E-state index contributed by atoms with van der Waals surface area (Å²) in [5, 5.41) is 8.96. The average Bonchev–Trinajstić information content (AvgIpc) is 2.53. The number of pyridine rings is 1. The second-order valence-corrected chi connectivity index (χ2v) is 3.90. The van der Waals surface area contributed by atoms with Gasteiger partial charge in [0.15, 0.2) is 0 Å². The topological polar surface area (TPSA) is 72.2 Å². The van der Waals surface area contributed by atoms with E-state index >= 15 is 0 Å². The minimum atomic E-state index is -0.511. The monoisotopic (exact) mass is 268 g/mol. The Balaban J connectivity index is 2.70. The lowest BCUT2D eigenvalue weighted by Gasteiger charge is -2.11. The Bertz CT molecular complexity index is 690. The number of hydrogen-bond acceptors (Lipinski definition) is 5. The Hall–Kier alpha value is -2.87. The molecule has 20 heavy (non-hydrogen) atoms. The average molecular weight is 268 g/mol. The molecule has 2 aromatic rings. The standard InChI is InChI=1S/C15H12N2O3/c1-19-13-6-4-3-5-11(13)14-12(15(18)20-2)8-7-10(9-16)17-14/h3-8H,1-2H3. The Morgan fingerprint density at radius 1 is 1.20 bits per heavy atom. The molecule has 1 aromatic carbocycles. The fourth-order valence-corrected chi connectivity index (χ4v) is 1.84. The normalized spacial score (nSPS) is 9.65. The SMILES string of the molecule is COC(=O)c1ccc(C#N)nc1-c1ccccc1OC. The minimum Gasteiger partial charge on any atom is -0.496 e. The summed E-state index contributed by atoms with van der Waals surface area (Å²) in [6, 6.07) is 12.1. The molecule has 1 heterocycles. The summed E-state index contributed by atoms with van der Waals surface area (Å²) in [7, 11) is 2.83. The van der Waals surface area contributed by atoms with E-state index in [1.54, 1.807) is 18.2 Å². The van der Waals surface area contributed by atoms with Crippen LogP contribution < -0.4 is 4.74 Å². The van der Waals surface area contributed by atoms with Crippen LogP contribution in [0.4, 0.5) is 0 Å². The number of esters is 1. The maximum atomic E-state index is 11.8. The van der Waals surface area contributed by atoms with Crippen molar-refractivity contribution >= 4 is 5.97 Å². The fourth-order valence-electron chi connectivity index (χ4n) is 1.84. The lowest BCUT2D eigenvalue weighted by molar-refractivity contribution is 0.0601. The molecular weight excluding hydrogens is 256 g/mol. The maximum Gasteiger partial charge on any atom is 0.340 e. The number of nitrogens with zero attached hydrogens (tertiary/aromatic N) is 2. The summed E-state index contributed by atoms with van der Waals surface area (Å²) in [5.74, 6) is 0.0585. The molecule has 0 aliphatic carbocycles. The van der Waals surface area contributed by atoms with Crippen LogP contribution in [0.25, 0.3) is 11.3 Å². The Morgan fingerprint density at radius 3 is 2.60 bits per heavy atom. The van der Waals surface area contributed by atoms with Gasteiger partial charge in [-0.25, -0.2) is 9.78 Å². The number of carbonyl (C=O) groups is 1. The van der Waals surface area contributed by atoms with Crippen LogP contribution in [-0.4, -0.2) is 25.2 Å². The van der Waals surface area contributed by atoms with E-state index in [1.165, 1.54) is 26.4 Å². The van der Waals surface area contributed by atoms with E-state index in [4.69, 9.17) is 14.7 Å². The summed E-state index contributed by atoms with van der Waals surface area (Å²) in [6.45, 7) is 0. The van der Waals surface area contributed by atoms with Crippen molar-refractivity contribution in [3.63, 3.8) is 0 Å². The molecule has 0 saturated heterocycles. The summed E-state index contributed by atoms with van der Waals surface area (Å²) in [5.41, 5.74) is 1.51. The van der Waals surface area contributed by atoms with E-state index in [2.05, 4.69) is 4.98 Å². The van der Waals surface area contributed by atoms with Gasteiger partial charge in [-0.15, -0.1) is 0 Å². The first-order chi connectivity index (χ1) is 9.71. The zero-order chi connectivity index (χ0) is 14.5. The number of carbonyl (C=O) groups excluding carboxylic acids is 1. The van der Waals surface area contributed by atoms with Crippen molar-refractivity contribution in [3.8, 4) is 23.1 Å². The van der Waals surface area contributed by atoms with Crippen LogP contribution in [0.1, 0.15) is 16.1 Å². The van der Waals surface area contributed by atoms with Crippen LogP contribution >= 0.6 is 0 Å². The molecule has 1 aromatic heterocycles. The molecule has 0 atom stereocenters. The first-order valence-corrected chi connectivity index (χ1v) is 5.84. The van der Waals surface area contributed by atoms with Crippen molar-refractivity contribution in [2.75, 3.05) is 14.2 Å². The van der Waals surface area contributed by atoms with Crippen molar-refractivity contribution in [1.82, 2.24) is 4.98 Å². The summed E-state index contributed by atoms with van der Waals surface area (Å²) in [6.07, 6.45) is 0. The van der Waals surface area contributed by atoms with Gasteiger partial charge in [0, 0.05) is 5.56 Å². The molecule has 0 aliphatic heterocycles. The first-order valence-electron chi connectivity index (χ1n) is 5.84. The highest BCUT2D eigenvalue weighted by molar-refractivity contribution is 5.97. The third kappa shape index (κ3) is 2.45. The largest absolute Gasteiger partial charge is 0.496 e. The molecule has 2 rings (SSSR count). The van der Waals surface area contributed by atoms with Gasteiger partial charge >= 0.3 is 5.97 Å². The third-order valence-corrected chi connectivity index (χ3v) is 2.78. The van der Waals surface area contributed by atoms with Gasteiger partial charge in [-0.1, -0.05) is 12.1 Å². The molecular formula is C15H12N2O3. The van der Waals surface area contributed by atoms with Gasteiger partial charge in [0.1, 0.15) is 17.5 Å². The van der Waals surface area contributed by atoms with Crippen molar-refractivity contribution in [2.24, 2.45) is 0 Å². The van der Waals surface area contributed by atoms with Crippen molar-refractivity contribution < 1.29 is 14.3 Å². The molecule has 0 aliphatic rings. The molecule has 0 unspecified atom stereocenters. The number of hydrogen-bond donors (Lipinski definition) is 0. The zero-order valence-corrected chi connectivity index (χ0v) is 11.1. The Labute approximate surface area is 116 Å². The van der Waals surface area contributed by atoms with E-state index in [1.807, 2.05) is 12.1 Å². The van der Waals surface area contributed by atoms with Gasteiger partial charge in [0.2, 0.25) is 0 Å². The van der Waals surface area contributed by atoms with Gasteiger partial charge in [-0.2, -0.15) is 5.26 Å². The van der Waals surface area contributed by atoms with E-state index in [-0.39, 0.29) is 11.3 Å². The smallest absolute Gasteiger partial charge is 0.340 e. The molecule has 0 bridgehead atoms. The van der Waals surface area contributed by atoms with Crippen LogP contribution in [0.2, 0.25) is 0 Å². The van der Waals surface area contributed by atoms with Crippen LogP contribution in [-0.2, 0) is 4.74 Å². The fraction of sp³-hybridized carbons (Fsp3) is 0.133. The molecule has 0 saturated carbocycles. The van der Waals surface area contributed by atoms with Crippen molar-refractivity contribution in [1.29, 1.82) is 5.26 Å². The molecule has 100 valence electrons. The number of nitriles is 1. The molecule has 0 amide bonds. The number of ether oxygens (including phenoxy) is 2. The van der Waals surface area contributed by atoms with Crippen molar-refractivity contribution in [3.05, 3.63) is 47.7 Å². The Kier molecular flexibility index (Phi) is 3.96. The third-order valence-electron chi connectivity index (χ3n) is 2.78. The second-order valence-electron chi connectivity index (χ2n) is 3.90. The number of benzene rings is 1. The van der Waals surface area contributed by atoms with Gasteiger partial charge in [-0.05, 0) is 24.3 Å². The van der Waals surface area contributed by atoms with E-state index in [0.29, 0.717) is 17.0 Å². The molecule has 5 nitrogen and oxygen atoms in total. The first kappa shape index (κ1) is 13.6. The molecule has 0 radical (unpaired) electrons. The van der Waals surface area contributed by atoms with Gasteiger partial charge in [0.25, 0.3) is 0 Å². The highest BCUT2D eigenvalue weighted by Crippen LogP contribution is 2.31. The second kappa shape index (κ2) is 5.85. The maximum absolute atomic E-state index is 11.8. The summed E-state index contributed by atoms with van der Waals surface area (Å²) >= 11 is 0. The highest BCUT2D eigenvalue weighted by Gasteiger charge is 2.18. The molecule has 5 heteroatoms. The molecule has 0 fully saturated rings. The van der Waals surface area contributed by atoms with Crippen LogP contribution in [0.15, 0.2) is 36.4 Å². The van der Waals surface area contributed by atoms with Crippen molar-refractivity contribution in [2.45, 2.75) is 0 Å². The predicted octanol–water partition coefficient (Wildman–Crippen LogP) is 2.42. The number of aromatic nitrogens is 1. The summed E-state index contributed by atoms with van der Waals surface area (Å²) in [4.78, 5) is 16.0. The quantitative estimate of drug-likeness (QED) is 0.799. The minimum absolute atomic E-state index is 0.221. The lowest BCUT2D eigenvalue weighted by atomic mass is 10.0. The predicted molar refractivity (Wildman–Crippen MR) is 72.3 cm³/mol. The highest BCUT2D eigenvalue weighted by atomic mass is 16.5. The van der Waals surface area contributed by atoms with Gasteiger partial charge in [0.05, 0.1) is 25.5 Å². The van der Waals surface area contributed by atoms with Crippen LogP contribution in [0, 0.1) is 11.3 Å². The van der Waals surface area contributed by atoms with Crippen LogP contribution in [0.5, 0.6) is 5.75 Å². The van der Waals surface area contributed by atoms with Crippen LogP contribution in [0.3, 0.4) is 0 Å². The molecule has 0 N–H and O–H groups in total. The molecule has 0 spiro atoms. The van der Waals surface area contributed by atoms with Gasteiger partial charge < -0.3 is 9.47 Å².